The van der Waals surface area contributed by atoms with Crippen LogP contribution in [0.15, 0.2) is 47.4 Å². The highest BCUT2D eigenvalue weighted by atomic mass is 32.2. The van der Waals surface area contributed by atoms with Crippen LogP contribution in [0.4, 0.5) is 0 Å². The number of amides is 1. The van der Waals surface area contributed by atoms with E-state index in [0.29, 0.717) is 43.8 Å². The lowest BCUT2D eigenvalue weighted by Gasteiger charge is -2.31. The molecule has 0 unspecified atom stereocenters. The molecule has 0 saturated carbocycles. The molecule has 31 heavy (non-hydrogen) atoms. The summed E-state index contributed by atoms with van der Waals surface area (Å²) in [5.74, 6) is -0.148. The van der Waals surface area contributed by atoms with Gasteiger partial charge in [0.1, 0.15) is 0 Å². The third-order valence-electron chi connectivity index (χ3n) is 5.75. The van der Waals surface area contributed by atoms with Crippen molar-refractivity contribution in [3.63, 3.8) is 0 Å². The lowest BCUT2D eigenvalue weighted by Crippen LogP contribution is -2.43. The van der Waals surface area contributed by atoms with Crippen LogP contribution in [0.2, 0.25) is 0 Å². The van der Waals surface area contributed by atoms with E-state index in [-0.39, 0.29) is 11.8 Å². The molecule has 1 amide bonds. The summed E-state index contributed by atoms with van der Waals surface area (Å²) < 4.78 is 28.7. The first-order chi connectivity index (χ1) is 14.8. The fourth-order valence-electron chi connectivity index (χ4n) is 4.05. The van der Waals surface area contributed by atoms with Crippen LogP contribution in [0.5, 0.6) is 0 Å². The largest absolute Gasteiger partial charge is 0.355 e. The molecule has 0 spiro atoms. The number of rotatable bonds is 6. The van der Waals surface area contributed by atoms with Gasteiger partial charge in [0.25, 0.3) is 0 Å². The zero-order valence-corrected chi connectivity index (χ0v) is 19.4. The number of thiazole rings is 1. The number of hydrogen-bond donors (Lipinski definition) is 1. The number of benzene rings is 2. The Morgan fingerprint density at radius 2 is 1.90 bits per heavy atom. The van der Waals surface area contributed by atoms with Crippen molar-refractivity contribution in [1.29, 1.82) is 0 Å². The van der Waals surface area contributed by atoms with Crippen LogP contribution in [-0.4, -0.2) is 43.2 Å². The summed E-state index contributed by atoms with van der Waals surface area (Å²) in [5.41, 5.74) is 2.79. The molecule has 2 heterocycles. The van der Waals surface area contributed by atoms with Gasteiger partial charge in [-0.25, -0.2) is 13.4 Å². The normalized spacial score (nSPS) is 15.9. The van der Waals surface area contributed by atoms with Gasteiger partial charge >= 0.3 is 0 Å². The van der Waals surface area contributed by atoms with E-state index in [9.17, 15) is 13.2 Å². The van der Waals surface area contributed by atoms with Crippen molar-refractivity contribution in [1.82, 2.24) is 14.6 Å². The first-order valence-corrected chi connectivity index (χ1v) is 12.8. The van der Waals surface area contributed by atoms with Crippen LogP contribution in [0, 0.1) is 19.8 Å². The number of hydrogen-bond acceptors (Lipinski definition) is 5. The summed E-state index contributed by atoms with van der Waals surface area (Å²) in [6.45, 7) is 5.05. The van der Waals surface area contributed by atoms with E-state index in [0.717, 1.165) is 26.4 Å². The number of aromatic nitrogens is 1. The van der Waals surface area contributed by atoms with Gasteiger partial charge in [-0.3, -0.25) is 4.79 Å². The molecule has 164 valence electrons. The number of fused-ring (bicyclic) bond motifs is 1. The van der Waals surface area contributed by atoms with Gasteiger partial charge in [-0.1, -0.05) is 29.8 Å². The highest BCUT2D eigenvalue weighted by Gasteiger charge is 2.32. The van der Waals surface area contributed by atoms with Gasteiger partial charge in [0.2, 0.25) is 15.9 Å². The molecular formula is C23H27N3O3S2. The van der Waals surface area contributed by atoms with Crippen LogP contribution < -0.4 is 5.32 Å². The second kappa shape index (κ2) is 9.06. The van der Waals surface area contributed by atoms with E-state index >= 15 is 0 Å². The molecule has 3 aromatic rings. The zero-order chi connectivity index (χ0) is 22.0. The number of aryl methyl sites for hydroxylation is 2. The standard InChI is InChI=1S/C23H27N3O3S2/c1-16-7-8-21(17(2)15-16)31(28,29)26-13-10-18(11-14-26)23(27)24-12-9-22-25-19-5-3-4-6-20(19)30-22/h3-8,15,18H,9-14H2,1-2H3,(H,24,27). The van der Waals surface area contributed by atoms with Crippen LogP contribution in [-0.2, 0) is 21.2 Å². The summed E-state index contributed by atoms with van der Waals surface area (Å²) >= 11 is 1.65. The Morgan fingerprint density at radius 1 is 1.16 bits per heavy atom. The van der Waals surface area contributed by atoms with Crippen molar-refractivity contribution in [2.24, 2.45) is 5.92 Å². The molecule has 2 aromatic carbocycles. The summed E-state index contributed by atoms with van der Waals surface area (Å²) in [4.78, 5) is 17.5. The Bertz CT molecular complexity index is 1160. The maximum absolute atomic E-state index is 13.0. The molecule has 1 aliphatic heterocycles. The number of sulfonamides is 1. The Hall–Kier alpha value is -2.29. The van der Waals surface area contributed by atoms with Crippen LogP contribution in [0.25, 0.3) is 10.2 Å². The minimum atomic E-state index is -3.53. The highest BCUT2D eigenvalue weighted by molar-refractivity contribution is 7.89. The van der Waals surface area contributed by atoms with Crippen molar-refractivity contribution >= 4 is 37.5 Å². The summed E-state index contributed by atoms with van der Waals surface area (Å²) in [5, 5.41) is 4.02. The van der Waals surface area contributed by atoms with Crippen molar-refractivity contribution in [3.8, 4) is 0 Å². The molecule has 8 heteroatoms. The first kappa shape index (κ1) is 21.9. The SMILES string of the molecule is Cc1ccc(S(=O)(=O)N2CCC(C(=O)NCCc3nc4ccccc4s3)CC2)c(C)c1. The maximum Gasteiger partial charge on any atom is 0.243 e. The van der Waals surface area contributed by atoms with Crippen LogP contribution in [0.3, 0.4) is 0 Å². The topological polar surface area (TPSA) is 79.4 Å². The van der Waals surface area contributed by atoms with Crippen molar-refractivity contribution in [2.45, 2.75) is 38.0 Å². The van der Waals surface area contributed by atoms with E-state index in [2.05, 4.69) is 16.4 Å². The molecule has 1 fully saturated rings. The monoisotopic (exact) mass is 457 g/mol. The number of piperidine rings is 1. The Kier molecular flexibility index (Phi) is 6.41. The van der Waals surface area contributed by atoms with Gasteiger partial charge in [0, 0.05) is 32.0 Å². The quantitative estimate of drug-likeness (QED) is 0.613. The molecule has 0 radical (unpaired) electrons. The van der Waals surface area contributed by atoms with E-state index in [1.165, 1.54) is 4.31 Å². The Labute approximate surface area is 187 Å². The molecule has 1 aromatic heterocycles. The Morgan fingerprint density at radius 3 is 2.61 bits per heavy atom. The third kappa shape index (κ3) is 4.81. The second-order valence-corrected chi connectivity index (χ2v) is 11.1. The van der Waals surface area contributed by atoms with E-state index in [4.69, 9.17) is 0 Å². The van der Waals surface area contributed by atoms with Gasteiger partial charge in [0.15, 0.2) is 0 Å². The fourth-order valence-corrected chi connectivity index (χ4v) is 6.69. The summed E-state index contributed by atoms with van der Waals surface area (Å²) in [6.07, 6.45) is 1.78. The minimum Gasteiger partial charge on any atom is -0.355 e. The lowest BCUT2D eigenvalue weighted by molar-refractivity contribution is -0.126. The fraction of sp³-hybridized carbons (Fsp3) is 0.391. The average Bonchev–Trinajstić information content (AvgIpc) is 3.16. The zero-order valence-electron chi connectivity index (χ0n) is 17.8. The summed E-state index contributed by atoms with van der Waals surface area (Å²) in [6, 6.07) is 13.4. The molecule has 0 aliphatic carbocycles. The molecule has 4 rings (SSSR count). The maximum atomic E-state index is 13.0. The van der Waals surface area contributed by atoms with E-state index in [1.54, 1.807) is 17.4 Å². The minimum absolute atomic E-state index is 0.00433. The molecule has 0 bridgehead atoms. The van der Waals surface area contributed by atoms with Gasteiger partial charge in [-0.05, 0) is 50.5 Å². The number of nitrogens with one attached hydrogen (secondary N) is 1. The molecule has 6 nitrogen and oxygen atoms in total. The van der Waals surface area contributed by atoms with Gasteiger partial charge in [-0.2, -0.15) is 4.31 Å². The predicted octanol–water partition coefficient (Wildman–Crippen LogP) is 3.67. The number of carbonyl (C=O) groups excluding carboxylic acids is 1. The van der Waals surface area contributed by atoms with E-state index < -0.39 is 10.0 Å². The van der Waals surface area contributed by atoms with Crippen molar-refractivity contribution in [2.75, 3.05) is 19.6 Å². The molecule has 0 atom stereocenters. The van der Waals surface area contributed by atoms with Crippen molar-refractivity contribution < 1.29 is 13.2 Å². The molecule has 1 saturated heterocycles. The lowest BCUT2D eigenvalue weighted by atomic mass is 9.97. The number of para-hydroxylation sites is 1. The molecule has 1 N–H and O–H groups in total. The Balaban J connectivity index is 1.29. The number of carbonyl (C=O) groups is 1. The highest BCUT2D eigenvalue weighted by Crippen LogP contribution is 2.26. The van der Waals surface area contributed by atoms with Gasteiger partial charge in [0.05, 0.1) is 20.1 Å². The number of nitrogens with zero attached hydrogens (tertiary/aromatic N) is 2. The summed E-state index contributed by atoms with van der Waals surface area (Å²) in [7, 11) is -3.53. The first-order valence-electron chi connectivity index (χ1n) is 10.5. The second-order valence-electron chi connectivity index (χ2n) is 8.06. The molecule has 1 aliphatic rings. The van der Waals surface area contributed by atoms with E-state index in [1.807, 2.05) is 44.2 Å². The predicted molar refractivity (Wildman–Crippen MR) is 124 cm³/mol. The van der Waals surface area contributed by atoms with Gasteiger partial charge < -0.3 is 5.32 Å². The average molecular weight is 458 g/mol. The van der Waals surface area contributed by atoms with Crippen molar-refractivity contribution in [3.05, 3.63) is 58.6 Å². The third-order valence-corrected chi connectivity index (χ3v) is 8.90. The van der Waals surface area contributed by atoms with Crippen LogP contribution in [0.1, 0.15) is 29.0 Å². The smallest absolute Gasteiger partial charge is 0.243 e. The van der Waals surface area contributed by atoms with Gasteiger partial charge in [-0.15, -0.1) is 11.3 Å². The van der Waals surface area contributed by atoms with Crippen LogP contribution >= 0.6 is 11.3 Å². The molecular weight excluding hydrogens is 430 g/mol.